The van der Waals surface area contributed by atoms with Crippen molar-refractivity contribution in [2.24, 2.45) is 0 Å². The number of para-hydroxylation sites is 1. The number of aromatic nitrogens is 2. The zero-order chi connectivity index (χ0) is 21.8. The predicted molar refractivity (Wildman–Crippen MR) is 124 cm³/mol. The number of fused-ring (bicyclic) bond motifs is 1. The lowest BCUT2D eigenvalue weighted by Gasteiger charge is -2.35. The van der Waals surface area contributed by atoms with E-state index in [1.165, 1.54) is 11.3 Å². The number of rotatable bonds is 8. The Bertz CT molecular complexity index is 992. The van der Waals surface area contributed by atoms with E-state index in [-0.39, 0.29) is 0 Å². The normalized spacial score (nSPS) is 16.8. The van der Waals surface area contributed by atoms with Crippen LogP contribution in [-0.4, -0.2) is 69.7 Å². The van der Waals surface area contributed by atoms with Crippen LogP contribution in [-0.2, 0) is 6.54 Å². The van der Waals surface area contributed by atoms with Gasteiger partial charge in [0.1, 0.15) is 24.1 Å². The Hall–Kier alpha value is -2.41. The molecular formula is C25H34N4O2. The number of hydrogen-bond acceptors (Lipinski definition) is 5. The smallest absolute Gasteiger partial charge is 0.137 e. The van der Waals surface area contributed by atoms with Crippen LogP contribution < -0.4 is 4.74 Å². The molecule has 0 saturated carbocycles. The van der Waals surface area contributed by atoms with Gasteiger partial charge in [0.15, 0.2) is 0 Å². The lowest BCUT2D eigenvalue weighted by molar-refractivity contribution is 0.0440. The molecule has 1 aliphatic heterocycles. The molecule has 1 saturated heterocycles. The van der Waals surface area contributed by atoms with Crippen LogP contribution in [0.25, 0.3) is 5.65 Å². The van der Waals surface area contributed by atoms with Gasteiger partial charge in [0.05, 0.1) is 11.4 Å². The van der Waals surface area contributed by atoms with E-state index >= 15 is 0 Å². The molecule has 6 nitrogen and oxygen atoms in total. The summed E-state index contributed by atoms with van der Waals surface area (Å²) in [6.07, 6.45) is 1.60. The van der Waals surface area contributed by atoms with Gasteiger partial charge in [-0.1, -0.05) is 38.1 Å². The second-order valence-corrected chi connectivity index (χ2v) is 8.81. The molecule has 0 aliphatic carbocycles. The van der Waals surface area contributed by atoms with Gasteiger partial charge in [0, 0.05) is 45.5 Å². The molecular weight excluding hydrogens is 388 g/mol. The van der Waals surface area contributed by atoms with E-state index in [4.69, 9.17) is 4.74 Å². The first-order valence-corrected chi connectivity index (χ1v) is 11.3. The quantitative estimate of drug-likeness (QED) is 0.604. The number of aryl methyl sites for hydroxylation is 1. The van der Waals surface area contributed by atoms with Gasteiger partial charge >= 0.3 is 0 Å². The van der Waals surface area contributed by atoms with Crippen LogP contribution in [0.2, 0.25) is 0 Å². The Morgan fingerprint density at radius 2 is 1.71 bits per heavy atom. The average Bonchev–Trinajstić information content (AvgIpc) is 3.09. The van der Waals surface area contributed by atoms with Crippen molar-refractivity contribution in [1.29, 1.82) is 0 Å². The molecule has 1 atom stereocenters. The summed E-state index contributed by atoms with van der Waals surface area (Å²) in [5.41, 5.74) is 4.56. The third-order valence-corrected chi connectivity index (χ3v) is 6.11. The minimum atomic E-state index is -0.493. The maximum Gasteiger partial charge on any atom is 0.137 e. The molecule has 0 bridgehead atoms. The van der Waals surface area contributed by atoms with Crippen LogP contribution >= 0.6 is 0 Å². The highest BCUT2D eigenvalue weighted by Gasteiger charge is 2.21. The van der Waals surface area contributed by atoms with Gasteiger partial charge < -0.3 is 14.2 Å². The van der Waals surface area contributed by atoms with Crippen molar-refractivity contribution >= 4 is 5.65 Å². The Kier molecular flexibility index (Phi) is 6.90. The summed E-state index contributed by atoms with van der Waals surface area (Å²) in [6.45, 7) is 12.2. The topological polar surface area (TPSA) is 53.2 Å². The summed E-state index contributed by atoms with van der Waals surface area (Å²) in [6, 6.07) is 14.2. The molecule has 166 valence electrons. The summed E-state index contributed by atoms with van der Waals surface area (Å²) in [5, 5.41) is 10.5. The second-order valence-electron chi connectivity index (χ2n) is 8.81. The van der Waals surface area contributed by atoms with Crippen LogP contribution in [0.15, 0.2) is 48.7 Å². The minimum Gasteiger partial charge on any atom is -0.491 e. The van der Waals surface area contributed by atoms with Crippen LogP contribution in [0, 0.1) is 6.92 Å². The average molecular weight is 423 g/mol. The molecule has 1 aliphatic rings. The largest absolute Gasteiger partial charge is 0.491 e. The Morgan fingerprint density at radius 1 is 1.00 bits per heavy atom. The number of aliphatic hydroxyl groups is 1. The molecule has 1 aromatic carbocycles. The van der Waals surface area contributed by atoms with E-state index < -0.39 is 6.10 Å². The number of piperazine rings is 1. The number of pyridine rings is 1. The summed E-state index contributed by atoms with van der Waals surface area (Å²) in [4.78, 5) is 9.48. The Morgan fingerprint density at radius 3 is 2.48 bits per heavy atom. The van der Waals surface area contributed by atoms with Crippen LogP contribution in [0.5, 0.6) is 5.75 Å². The molecule has 1 unspecified atom stereocenters. The SMILES string of the molecule is Cc1nc2ccccn2c1CN1CCN(CC(O)COc2ccccc2C(C)C)CC1. The number of imidazole rings is 1. The van der Waals surface area contributed by atoms with Crippen molar-refractivity contribution in [1.82, 2.24) is 19.2 Å². The molecule has 0 radical (unpaired) electrons. The first kappa shape index (κ1) is 21.8. The Labute approximate surface area is 185 Å². The van der Waals surface area contributed by atoms with Gasteiger partial charge in [0.25, 0.3) is 0 Å². The summed E-state index contributed by atoms with van der Waals surface area (Å²) in [5.74, 6) is 1.28. The number of aliphatic hydroxyl groups excluding tert-OH is 1. The van der Waals surface area contributed by atoms with Crippen LogP contribution in [0.3, 0.4) is 0 Å². The van der Waals surface area contributed by atoms with Gasteiger partial charge in [-0.2, -0.15) is 0 Å². The molecule has 31 heavy (non-hydrogen) atoms. The molecule has 3 aromatic rings. The number of ether oxygens (including phenoxy) is 1. The summed E-state index contributed by atoms with van der Waals surface area (Å²) < 4.78 is 8.14. The third kappa shape index (κ3) is 5.26. The van der Waals surface area contributed by atoms with E-state index in [0.717, 1.165) is 49.8 Å². The van der Waals surface area contributed by atoms with Crippen molar-refractivity contribution in [2.75, 3.05) is 39.3 Å². The van der Waals surface area contributed by atoms with Gasteiger partial charge in [0.2, 0.25) is 0 Å². The Balaban J connectivity index is 1.25. The van der Waals surface area contributed by atoms with Gasteiger partial charge in [-0.3, -0.25) is 9.80 Å². The number of hydrogen-bond donors (Lipinski definition) is 1. The van der Waals surface area contributed by atoms with E-state index in [0.29, 0.717) is 19.1 Å². The molecule has 3 heterocycles. The first-order chi connectivity index (χ1) is 15.0. The fraction of sp³-hybridized carbons (Fsp3) is 0.480. The van der Waals surface area contributed by atoms with Crippen LogP contribution in [0.1, 0.15) is 36.7 Å². The molecule has 1 fully saturated rings. The molecule has 6 heteroatoms. The fourth-order valence-corrected chi connectivity index (χ4v) is 4.32. The summed E-state index contributed by atoms with van der Waals surface area (Å²) >= 11 is 0. The summed E-state index contributed by atoms with van der Waals surface area (Å²) in [7, 11) is 0. The monoisotopic (exact) mass is 422 g/mol. The molecule has 0 amide bonds. The second kappa shape index (κ2) is 9.81. The van der Waals surface area contributed by atoms with Crippen molar-refractivity contribution in [3.8, 4) is 5.75 Å². The van der Waals surface area contributed by atoms with E-state index in [9.17, 15) is 5.11 Å². The molecule has 4 rings (SSSR count). The maximum atomic E-state index is 10.5. The van der Waals surface area contributed by atoms with Gasteiger partial charge in [-0.15, -0.1) is 0 Å². The minimum absolute atomic E-state index is 0.324. The lowest BCUT2D eigenvalue weighted by Crippen LogP contribution is -2.49. The van der Waals surface area contributed by atoms with Crippen molar-refractivity contribution < 1.29 is 9.84 Å². The first-order valence-electron chi connectivity index (χ1n) is 11.3. The van der Waals surface area contributed by atoms with Crippen molar-refractivity contribution in [3.63, 3.8) is 0 Å². The van der Waals surface area contributed by atoms with Crippen LogP contribution in [0.4, 0.5) is 0 Å². The number of β-amino-alcohol motifs (C(OH)–C–C–N with tert-alkyl or cyclic N) is 1. The standard InChI is InChI=1S/C25H34N4O2/c1-19(2)22-8-4-5-9-24(22)31-18-21(30)16-27-12-14-28(15-13-27)17-23-20(3)26-25-10-6-7-11-29(23)25/h4-11,19,21,30H,12-18H2,1-3H3. The van der Waals surface area contributed by atoms with Gasteiger partial charge in [-0.05, 0) is 36.6 Å². The number of benzene rings is 1. The van der Waals surface area contributed by atoms with Crippen molar-refractivity contribution in [3.05, 3.63) is 65.6 Å². The molecule has 0 spiro atoms. The predicted octanol–water partition coefficient (Wildman–Crippen LogP) is 3.32. The van der Waals surface area contributed by atoms with Crippen molar-refractivity contribution in [2.45, 2.75) is 39.3 Å². The van der Waals surface area contributed by atoms with E-state index in [2.05, 4.69) is 64.4 Å². The van der Waals surface area contributed by atoms with E-state index in [1.54, 1.807) is 0 Å². The highest BCUT2D eigenvalue weighted by molar-refractivity contribution is 5.42. The molecule has 2 aromatic heterocycles. The highest BCUT2D eigenvalue weighted by atomic mass is 16.5. The number of nitrogens with zero attached hydrogens (tertiary/aromatic N) is 4. The zero-order valence-corrected chi connectivity index (χ0v) is 18.9. The third-order valence-electron chi connectivity index (χ3n) is 6.11. The lowest BCUT2D eigenvalue weighted by atomic mass is 10.0. The zero-order valence-electron chi connectivity index (χ0n) is 18.9. The molecule has 1 N–H and O–H groups in total. The highest BCUT2D eigenvalue weighted by Crippen LogP contribution is 2.26. The van der Waals surface area contributed by atoms with Gasteiger partial charge in [-0.25, -0.2) is 4.98 Å². The fourth-order valence-electron chi connectivity index (χ4n) is 4.32. The maximum absolute atomic E-state index is 10.5. The van der Waals surface area contributed by atoms with E-state index in [1.807, 2.05) is 24.3 Å².